The van der Waals surface area contributed by atoms with E-state index in [1.807, 2.05) is 25.2 Å². The lowest BCUT2D eigenvalue weighted by molar-refractivity contribution is 0.0991. The first-order valence-corrected chi connectivity index (χ1v) is 10.3. The average Bonchev–Trinajstić information content (AvgIpc) is 3.04. The molecule has 1 aliphatic heterocycles. The third-order valence-electron chi connectivity index (χ3n) is 4.20. The van der Waals surface area contributed by atoms with Crippen molar-refractivity contribution in [2.45, 2.75) is 44.2 Å². The zero-order valence-corrected chi connectivity index (χ0v) is 16.8. The van der Waals surface area contributed by atoms with Crippen LogP contribution < -0.4 is 14.9 Å². The molecular formula is C19H25N3O4S. The summed E-state index contributed by atoms with van der Waals surface area (Å²) in [5.74, 6) is -0.546. The molecule has 1 amide bonds. The highest BCUT2D eigenvalue weighted by molar-refractivity contribution is 7.89. The van der Waals surface area contributed by atoms with E-state index in [-0.39, 0.29) is 10.9 Å². The monoisotopic (exact) mass is 391 g/mol. The molecule has 7 nitrogen and oxygen atoms in total. The molecule has 2 aromatic rings. The van der Waals surface area contributed by atoms with E-state index in [0.29, 0.717) is 5.69 Å². The van der Waals surface area contributed by atoms with Crippen molar-refractivity contribution in [1.29, 1.82) is 0 Å². The van der Waals surface area contributed by atoms with Crippen molar-refractivity contribution < 1.29 is 17.6 Å². The lowest BCUT2D eigenvalue weighted by Crippen LogP contribution is -2.40. The summed E-state index contributed by atoms with van der Waals surface area (Å²) in [6.07, 6.45) is 2.03. The van der Waals surface area contributed by atoms with Gasteiger partial charge in [-0.3, -0.25) is 4.79 Å². The minimum absolute atomic E-state index is 0.0564. The molecule has 0 saturated carbocycles. The molecule has 3 rings (SSSR count). The lowest BCUT2D eigenvalue weighted by Gasteiger charge is -2.27. The maximum absolute atomic E-state index is 12.4. The summed E-state index contributed by atoms with van der Waals surface area (Å²) in [7, 11) is -1.78. The van der Waals surface area contributed by atoms with E-state index in [4.69, 9.17) is 4.42 Å². The van der Waals surface area contributed by atoms with E-state index in [1.54, 1.807) is 20.8 Å². The number of amides is 1. The molecule has 1 aromatic carbocycles. The number of fused-ring (bicyclic) bond motifs is 1. The van der Waals surface area contributed by atoms with Gasteiger partial charge in [-0.2, -0.15) is 0 Å². The van der Waals surface area contributed by atoms with Crippen LogP contribution in [0.5, 0.6) is 0 Å². The molecule has 0 fully saturated rings. The number of carbonyl (C=O) groups is 1. The Bertz CT molecular complexity index is 958. The van der Waals surface area contributed by atoms with Crippen LogP contribution in [0.2, 0.25) is 0 Å². The third-order valence-corrected chi connectivity index (χ3v) is 5.83. The Kier molecular flexibility index (Phi) is 5.05. The number of sulfonamides is 1. The van der Waals surface area contributed by atoms with Crippen LogP contribution in [0.3, 0.4) is 0 Å². The van der Waals surface area contributed by atoms with Crippen LogP contribution in [-0.2, 0) is 16.4 Å². The molecule has 0 unspecified atom stereocenters. The van der Waals surface area contributed by atoms with Crippen molar-refractivity contribution in [3.8, 4) is 0 Å². The summed E-state index contributed by atoms with van der Waals surface area (Å²) < 4.78 is 32.4. The predicted octanol–water partition coefficient (Wildman–Crippen LogP) is 2.99. The largest absolute Gasteiger partial charge is 0.438 e. The standard InChI is InChI=1S/C19H25N3O4S/c1-19(2,3)21-27(24,25)17-10-9-16(26-17)18(23)20-14-7-8-15-13(12-14)6-5-11-22(15)4/h7-10,12,21H,5-6,11H2,1-4H3,(H,20,23). The summed E-state index contributed by atoms with van der Waals surface area (Å²) in [5, 5.41) is 2.49. The summed E-state index contributed by atoms with van der Waals surface area (Å²) in [5.41, 5.74) is 2.35. The van der Waals surface area contributed by atoms with Crippen LogP contribution in [0.1, 0.15) is 43.3 Å². The molecule has 0 saturated heterocycles. The molecule has 8 heteroatoms. The Balaban J connectivity index is 1.75. The fourth-order valence-electron chi connectivity index (χ4n) is 3.10. The van der Waals surface area contributed by atoms with Crippen LogP contribution in [0, 0.1) is 0 Å². The topological polar surface area (TPSA) is 91.7 Å². The number of furan rings is 1. The molecule has 27 heavy (non-hydrogen) atoms. The van der Waals surface area contributed by atoms with Gasteiger partial charge in [0.25, 0.3) is 15.9 Å². The van der Waals surface area contributed by atoms with Crippen LogP contribution in [0.4, 0.5) is 11.4 Å². The Morgan fingerprint density at radius 3 is 2.63 bits per heavy atom. The van der Waals surface area contributed by atoms with Gasteiger partial charge in [0, 0.05) is 30.5 Å². The maximum atomic E-state index is 12.4. The van der Waals surface area contributed by atoms with Crippen molar-refractivity contribution in [2.75, 3.05) is 23.8 Å². The van der Waals surface area contributed by atoms with Gasteiger partial charge in [-0.1, -0.05) is 0 Å². The van der Waals surface area contributed by atoms with Gasteiger partial charge in [-0.15, -0.1) is 0 Å². The third kappa shape index (κ3) is 4.51. The Labute approximate surface area is 159 Å². The van der Waals surface area contributed by atoms with Gasteiger partial charge >= 0.3 is 0 Å². The molecule has 0 atom stereocenters. The number of rotatable bonds is 4. The molecule has 1 aromatic heterocycles. The minimum Gasteiger partial charge on any atom is -0.438 e. The number of hydrogen-bond donors (Lipinski definition) is 2. The van der Waals surface area contributed by atoms with Crippen molar-refractivity contribution in [3.05, 3.63) is 41.7 Å². The average molecular weight is 391 g/mol. The molecule has 0 spiro atoms. The highest BCUT2D eigenvalue weighted by atomic mass is 32.2. The minimum atomic E-state index is -3.82. The van der Waals surface area contributed by atoms with Gasteiger partial charge in [0.05, 0.1) is 0 Å². The van der Waals surface area contributed by atoms with Crippen molar-refractivity contribution in [3.63, 3.8) is 0 Å². The zero-order chi connectivity index (χ0) is 19.8. The molecule has 2 heterocycles. The molecule has 1 aliphatic rings. The number of benzene rings is 1. The van der Waals surface area contributed by atoms with Gasteiger partial charge in [0.2, 0.25) is 5.09 Å². The van der Waals surface area contributed by atoms with E-state index in [2.05, 4.69) is 14.9 Å². The summed E-state index contributed by atoms with van der Waals surface area (Å²) in [6, 6.07) is 8.41. The summed E-state index contributed by atoms with van der Waals surface area (Å²) >= 11 is 0. The number of hydrogen-bond acceptors (Lipinski definition) is 5. The van der Waals surface area contributed by atoms with Crippen LogP contribution in [0.25, 0.3) is 0 Å². The second kappa shape index (κ2) is 7.01. The van der Waals surface area contributed by atoms with Crippen molar-refractivity contribution in [1.82, 2.24) is 4.72 Å². The smallest absolute Gasteiger partial charge is 0.291 e. The zero-order valence-electron chi connectivity index (χ0n) is 16.0. The highest BCUT2D eigenvalue weighted by Gasteiger charge is 2.26. The van der Waals surface area contributed by atoms with Crippen LogP contribution >= 0.6 is 0 Å². The normalized spacial score (nSPS) is 14.7. The quantitative estimate of drug-likeness (QED) is 0.836. The molecule has 0 aliphatic carbocycles. The Morgan fingerprint density at radius 1 is 1.19 bits per heavy atom. The number of anilines is 2. The fourth-order valence-corrected chi connectivity index (χ4v) is 4.45. The Morgan fingerprint density at radius 2 is 1.93 bits per heavy atom. The van der Waals surface area contributed by atoms with Gasteiger partial charge < -0.3 is 14.6 Å². The molecule has 146 valence electrons. The fraction of sp³-hybridized carbons (Fsp3) is 0.421. The summed E-state index contributed by atoms with van der Waals surface area (Å²) in [6.45, 7) is 6.21. The van der Waals surface area contributed by atoms with Gasteiger partial charge in [0.1, 0.15) is 0 Å². The van der Waals surface area contributed by atoms with Crippen molar-refractivity contribution in [2.24, 2.45) is 0 Å². The highest BCUT2D eigenvalue weighted by Crippen LogP contribution is 2.29. The first kappa shape index (κ1) is 19.4. The van der Waals surface area contributed by atoms with E-state index >= 15 is 0 Å². The van der Waals surface area contributed by atoms with Crippen LogP contribution in [-0.4, -0.2) is 33.5 Å². The van der Waals surface area contributed by atoms with E-state index in [9.17, 15) is 13.2 Å². The number of carbonyl (C=O) groups excluding carboxylic acids is 1. The van der Waals surface area contributed by atoms with Gasteiger partial charge in [-0.05, 0) is 69.5 Å². The number of aryl methyl sites for hydroxylation is 1. The van der Waals surface area contributed by atoms with E-state index in [1.165, 1.54) is 23.4 Å². The SMILES string of the molecule is CN1CCCc2cc(NC(=O)c3ccc(S(=O)(=O)NC(C)(C)C)o3)ccc21. The van der Waals surface area contributed by atoms with Gasteiger partial charge in [0.15, 0.2) is 5.76 Å². The first-order valence-electron chi connectivity index (χ1n) is 8.84. The number of nitrogens with zero attached hydrogens (tertiary/aromatic N) is 1. The van der Waals surface area contributed by atoms with E-state index in [0.717, 1.165) is 19.4 Å². The molecule has 2 N–H and O–H groups in total. The first-order chi connectivity index (χ1) is 12.5. The lowest BCUT2D eigenvalue weighted by atomic mass is 10.0. The second-order valence-corrected chi connectivity index (χ2v) is 9.41. The summed E-state index contributed by atoms with van der Waals surface area (Å²) in [4.78, 5) is 14.6. The number of nitrogens with one attached hydrogen (secondary N) is 2. The Hall–Kier alpha value is -2.32. The van der Waals surface area contributed by atoms with Crippen molar-refractivity contribution >= 4 is 27.3 Å². The second-order valence-electron chi connectivity index (χ2n) is 7.80. The molecular weight excluding hydrogens is 366 g/mol. The maximum Gasteiger partial charge on any atom is 0.291 e. The van der Waals surface area contributed by atoms with E-state index < -0.39 is 21.5 Å². The van der Waals surface area contributed by atoms with Gasteiger partial charge in [-0.25, -0.2) is 13.1 Å². The van der Waals surface area contributed by atoms with Crippen LogP contribution in [0.15, 0.2) is 39.8 Å². The predicted molar refractivity (Wildman–Crippen MR) is 105 cm³/mol. The molecule has 0 radical (unpaired) electrons. The molecule has 0 bridgehead atoms.